The van der Waals surface area contributed by atoms with Gasteiger partial charge >= 0.3 is 6.03 Å². The van der Waals surface area contributed by atoms with Gasteiger partial charge in [0.1, 0.15) is 0 Å². The second-order valence-electron chi connectivity index (χ2n) is 5.12. The highest BCUT2D eigenvalue weighted by molar-refractivity contribution is 5.89. The summed E-state index contributed by atoms with van der Waals surface area (Å²) in [4.78, 5) is 12.2. The topological polar surface area (TPSA) is 85.2 Å². The van der Waals surface area contributed by atoms with Crippen LogP contribution in [0.1, 0.15) is 30.0 Å². The lowest BCUT2D eigenvalue weighted by molar-refractivity contribution is 0.244. The normalized spacial score (nSPS) is 11.3. The number of aliphatic hydroxyl groups is 1. The number of nitrogens with zero attached hydrogens (tertiary/aromatic N) is 1. The first kappa shape index (κ1) is 16.5. The number of carbonyl (C=O) groups excluding carboxylic acids is 1. The van der Waals surface area contributed by atoms with Crippen LogP contribution in [-0.4, -0.2) is 17.7 Å². The fourth-order valence-corrected chi connectivity index (χ4v) is 2.29. The predicted octanol–water partition coefficient (Wildman–Crippen LogP) is 3.19. The molecule has 5 heteroatoms. The molecule has 118 valence electrons. The van der Waals surface area contributed by atoms with Crippen molar-refractivity contribution >= 4 is 11.7 Å². The summed E-state index contributed by atoms with van der Waals surface area (Å²) in [5, 5.41) is 23.6. The van der Waals surface area contributed by atoms with Crippen LogP contribution in [0.3, 0.4) is 0 Å². The number of benzene rings is 2. The van der Waals surface area contributed by atoms with Gasteiger partial charge in [0, 0.05) is 12.3 Å². The number of amides is 2. The lowest BCUT2D eigenvalue weighted by Gasteiger charge is -2.19. The molecule has 0 aliphatic carbocycles. The minimum absolute atomic E-state index is 0.0802. The number of rotatable bonds is 6. The van der Waals surface area contributed by atoms with Crippen LogP contribution in [0.25, 0.3) is 0 Å². The first-order valence-electron chi connectivity index (χ1n) is 7.46. The fraction of sp³-hybridized carbons (Fsp3) is 0.222. The van der Waals surface area contributed by atoms with Gasteiger partial charge in [-0.15, -0.1) is 0 Å². The van der Waals surface area contributed by atoms with Crippen molar-refractivity contribution in [3.63, 3.8) is 0 Å². The first-order valence-corrected chi connectivity index (χ1v) is 7.46. The molecule has 0 radical (unpaired) electrons. The van der Waals surface area contributed by atoms with E-state index in [0.29, 0.717) is 24.1 Å². The van der Waals surface area contributed by atoms with E-state index in [1.807, 2.05) is 36.4 Å². The molecule has 0 spiro atoms. The van der Waals surface area contributed by atoms with Gasteiger partial charge in [0.15, 0.2) is 0 Å². The van der Waals surface area contributed by atoms with Gasteiger partial charge in [-0.3, -0.25) is 0 Å². The second kappa shape index (κ2) is 8.57. The Morgan fingerprint density at radius 1 is 1.17 bits per heavy atom. The SMILES string of the molecule is N#Cc1cccc(NC(=O)NC(CCCO)c2ccccc2)c1. The molecule has 23 heavy (non-hydrogen) atoms. The summed E-state index contributed by atoms with van der Waals surface area (Å²) in [6, 6.07) is 17.9. The summed E-state index contributed by atoms with van der Waals surface area (Å²) < 4.78 is 0. The summed E-state index contributed by atoms with van der Waals surface area (Å²) in [6.07, 6.45) is 1.25. The summed E-state index contributed by atoms with van der Waals surface area (Å²) in [6.45, 7) is 0.0802. The molecule has 0 fully saturated rings. The van der Waals surface area contributed by atoms with Crippen LogP contribution in [0, 0.1) is 11.3 Å². The third-order valence-corrected chi connectivity index (χ3v) is 3.41. The smallest absolute Gasteiger partial charge is 0.319 e. The van der Waals surface area contributed by atoms with E-state index in [9.17, 15) is 4.79 Å². The van der Waals surface area contributed by atoms with E-state index in [-0.39, 0.29) is 18.7 Å². The van der Waals surface area contributed by atoms with E-state index < -0.39 is 0 Å². The average Bonchev–Trinajstić information content (AvgIpc) is 2.59. The Kier molecular flexibility index (Phi) is 6.16. The van der Waals surface area contributed by atoms with Crippen LogP contribution in [0.5, 0.6) is 0 Å². The predicted molar refractivity (Wildman–Crippen MR) is 88.8 cm³/mol. The number of hydrogen-bond donors (Lipinski definition) is 3. The van der Waals surface area contributed by atoms with Gasteiger partial charge in [0.25, 0.3) is 0 Å². The Labute approximate surface area is 135 Å². The lowest BCUT2D eigenvalue weighted by Crippen LogP contribution is -2.32. The van der Waals surface area contributed by atoms with Crippen LogP contribution in [0.4, 0.5) is 10.5 Å². The number of nitriles is 1. The van der Waals surface area contributed by atoms with E-state index in [2.05, 4.69) is 10.6 Å². The van der Waals surface area contributed by atoms with E-state index in [1.165, 1.54) is 0 Å². The van der Waals surface area contributed by atoms with Crippen molar-refractivity contribution in [3.05, 3.63) is 65.7 Å². The van der Waals surface area contributed by atoms with E-state index in [0.717, 1.165) is 5.56 Å². The molecule has 3 N–H and O–H groups in total. The third-order valence-electron chi connectivity index (χ3n) is 3.41. The molecule has 5 nitrogen and oxygen atoms in total. The Morgan fingerprint density at radius 3 is 2.65 bits per heavy atom. The summed E-state index contributed by atoms with van der Waals surface area (Å²) >= 11 is 0. The van der Waals surface area contributed by atoms with Crippen molar-refractivity contribution in [2.45, 2.75) is 18.9 Å². The van der Waals surface area contributed by atoms with Crippen molar-refractivity contribution in [1.29, 1.82) is 5.26 Å². The molecule has 1 atom stereocenters. The largest absolute Gasteiger partial charge is 0.396 e. The van der Waals surface area contributed by atoms with Gasteiger partial charge in [0.05, 0.1) is 17.7 Å². The first-order chi connectivity index (χ1) is 11.2. The number of anilines is 1. The van der Waals surface area contributed by atoms with Crippen molar-refractivity contribution in [3.8, 4) is 6.07 Å². The third kappa shape index (κ3) is 5.13. The molecule has 0 heterocycles. The Balaban J connectivity index is 2.03. The van der Waals surface area contributed by atoms with Crippen LogP contribution in [0.15, 0.2) is 54.6 Å². The molecule has 0 bridgehead atoms. The van der Waals surface area contributed by atoms with Crippen molar-refractivity contribution in [2.24, 2.45) is 0 Å². The monoisotopic (exact) mass is 309 g/mol. The lowest BCUT2D eigenvalue weighted by atomic mass is 10.0. The zero-order valence-corrected chi connectivity index (χ0v) is 12.7. The highest BCUT2D eigenvalue weighted by atomic mass is 16.3. The summed E-state index contributed by atoms with van der Waals surface area (Å²) in [5.41, 5.74) is 2.04. The zero-order valence-electron chi connectivity index (χ0n) is 12.7. The van der Waals surface area contributed by atoms with Crippen molar-refractivity contribution in [2.75, 3.05) is 11.9 Å². The average molecular weight is 309 g/mol. The number of aliphatic hydroxyl groups excluding tert-OH is 1. The number of carbonyl (C=O) groups is 1. The van der Waals surface area contributed by atoms with Gasteiger partial charge in [-0.1, -0.05) is 36.4 Å². The second-order valence-corrected chi connectivity index (χ2v) is 5.12. The van der Waals surface area contributed by atoms with E-state index in [1.54, 1.807) is 24.3 Å². The Bertz CT molecular complexity index is 680. The molecule has 2 rings (SSSR count). The van der Waals surface area contributed by atoms with Crippen LogP contribution >= 0.6 is 0 Å². The zero-order chi connectivity index (χ0) is 16.5. The molecule has 0 aliphatic rings. The fourth-order valence-electron chi connectivity index (χ4n) is 2.29. The van der Waals surface area contributed by atoms with Gasteiger partial charge < -0.3 is 15.7 Å². The Hall–Kier alpha value is -2.84. The molecule has 0 saturated heterocycles. The van der Waals surface area contributed by atoms with Crippen LogP contribution in [0.2, 0.25) is 0 Å². The molecular formula is C18H19N3O2. The van der Waals surface area contributed by atoms with E-state index >= 15 is 0 Å². The van der Waals surface area contributed by atoms with Crippen molar-refractivity contribution in [1.82, 2.24) is 5.32 Å². The number of hydrogen-bond acceptors (Lipinski definition) is 3. The van der Waals surface area contributed by atoms with Gasteiger partial charge in [-0.2, -0.15) is 5.26 Å². The molecular weight excluding hydrogens is 290 g/mol. The molecule has 2 amide bonds. The quantitative estimate of drug-likeness (QED) is 0.766. The standard InChI is InChI=1S/C18H19N3O2/c19-13-14-6-4-9-16(12-14)20-18(23)21-17(10-5-11-22)15-7-2-1-3-8-15/h1-4,6-9,12,17,22H,5,10-11H2,(H2,20,21,23). The molecule has 1 unspecified atom stereocenters. The summed E-state index contributed by atoms with van der Waals surface area (Å²) in [7, 11) is 0. The molecule has 2 aromatic rings. The highest BCUT2D eigenvalue weighted by Gasteiger charge is 2.14. The van der Waals surface area contributed by atoms with Gasteiger partial charge in [-0.05, 0) is 36.6 Å². The van der Waals surface area contributed by atoms with Gasteiger partial charge in [0.2, 0.25) is 0 Å². The van der Waals surface area contributed by atoms with Crippen LogP contribution < -0.4 is 10.6 Å². The minimum atomic E-state index is -0.341. The summed E-state index contributed by atoms with van der Waals surface area (Å²) in [5.74, 6) is 0. The Morgan fingerprint density at radius 2 is 1.96 bits per heavy atom. The number of nitrogens with one attached hydrogen (secondary N) is 2. The maximum atomic E-state index is 12.2. The maximum absolute atomic E-state index is 12.2. The molecule has 2 aromatic carbocycles. The number of urea groups is 1. The van der Waals surface area contributed by atoms with Gasteiger partial charge in [-0.25, -0.2) is 4.79 Å². The molecule has 0 aliphatic heterocycles. The maximum Gasteiger partial charge on any atom is 0.319 e. The minimum Gasteiger partial charge on any atom is -0.396 e. The van der Waals surface area contributed by atoms with E-state index in [4.69, 9.17) is 10.4 Å². The van der Waals surface area contributed by atoms with Crippen LogP contribution in [-0.2, 0) is 0 Å². The van der Waals surface area contributed by atoms with Crippen molar-refractivity contribution < 1.29 is 9.90 Å². The molecule has 0 aromatic heterocycles. The highest BCUT2D eigenvalue weighted by Crippen LogP contribution is 2.18. The molecule has 0 saturated carbocycles.